The highest BCUT2D eigenvalue weighted by atomic mass is 35.5. The number of aromatic nitrogens is 1. The van der Waals surface area contributed by atoms with E-state index in [-0.39, 0.29) is 0 Å². The van der Waals surface area contributed by atoms with Crippen molar-refractivity contribution in [2.75, 3.05) is 0 Å². The van der Waals surface area contributed by atoms with Crippen LogP contribution in [0.3, 0.4) is 0 Å². The molecule has 0 saturated heterocycles. The molecule has 0 fully saturated rings. The lowest BCUT2D eigenvalue weighted by molar-refractivity contribution is -0.520. The zero-order chi connectivity index (χ0) is 11.8. The average Bonchev–Trinajstić information content (AvgIpc) is 2.71. The van der Waals surface area contributed by atoms with E-state index >= 15 is 0 Å². The van der Waals surface area contributed by atoms with Crippen molar-refractivity contribution in [3.63, 3.8) is 0 Å². The Morgan fingerprint density at radius 2 is 1.76 bits per heavy atom. The fraction of sp³-hybridized carbons (Fsp3) is 0.308. The molecule has 0 spiro atoms. The number of nitrogens with zero attached hydrogens (tertiary/aromatic N) is 1. The van der Waals surface area contributed by atoms with Crippen LogP contribution in [0.4, 0.5) is 0 Å². The van der Waals surface area contributed by atoms with E-state index in [0.29, 0.717) is 10.0 Å². The Kier molecular flexibility index (Phi) is 3.12. The van der Waals surface area contributed by atoms with Gasteiger partial charge >= 0.3 is 0 Å². The molecule has 1 aliphatic rings. The summed E-state index contributed by atoms with van der Waals surface area (Å²) in [6, 6.07) is 5.64. The third kappa shape index (κ3) is 2.10. The fourth-order valence-corrected chi connectivity index (χ4v) is 4.13. The van der Waals surface area contributed by atoms with Crippen molar-refractivity contribution >= 4 is 34.7 Å². The zero-order valence-corrected chi connectivity index (χ0v) is 11.6. The minimum absolute atomic E-state index is 0.709. The van der Waals surface area contributed by atoms with Crippen LogP contribution >= 0.6 is 34.7 Å². The first-order valence-corrected chi connectivity index (χ1v) is 7.27. The fourth-order valence-electron chi connectivity index (χ4n) is 2.24. The maximum Gasteiger partial charge on any atom is 0.261 e. The van der Waals surface area contributed by atoms with Crippen molar-refractivity contribution in [1.29, 1.82) is 0 Å². The van der Waals surface area contributed by atoms with E-state index in [0.717, 1.165) is 5.69 Å². The number of hydrogen-bond acceptors (Lipinski definition) is 1. The topological polar surface area (TPSA) is 3.88 Å². The first kappa shape index (κ1) is 11.5. The van der Waals surface area contributed by atoms with E-state index in [2.05, 4.69) is 10.2 Å². The van der Waals surface area contributed by atoms with E-state index in [1.54, 1.807) is 11.5 Å². The molecule has 1 heterocycles. The van der Waals surface area contributed by atoms with Gasteiger partial charge in [-0.1, -0.05) is 33.2 Å². The number of fused-ring (bicyclic) bond motifs is 1. The van der Waals surface area contributed by atoms with Gasteiger partial charge in [0.25, 0.3) is 5.69 Å². The van der Waals surface area contributed by atoms with Crippen LogP contribution in [0.5, 0.6) is 0 Å². The summed E-state index contributed by atoms with van der Waals surface area (Å²) in [5, 5.41) is 1.42. The molecule has 0 aliphatic heterocycles. The second kappa shape index (κ2) is 4.60. The molecule has 1 aromatic carbocycles. The van der Waals surface area contributed by atoms with Gasteiger partial charge in [0.15, 0.2) is 6.20 Å². The summed E-state index contributed by atoms with van der Waals surface area (Å²) >= 11 is 14.2. The molecule has 2 aromatic rings. The van der Waals surface area contributed by atoms with Crippen molar-refractivity contribution in [1.82, 2.24) is 0 Å². The second-order valence-corrected chi connectivity index (χ2v) is 6.16. The van der Waals surface area contributed by atoms with Crippen molar-refractivity contribution < 1.29 is 3.96 Å². The van der Waals surface area contributed by atoms with Gasteiger partial charge in [-0.15, -0.1) is 0 Å². The monoisotopic (exact) mass is 284 g/mol. The minimum atomic E-state index is 0.709. The van der Waals surface area contributed by atoms with Crippen molar-refractivity contribution in [2.45, 2.75) is 25.7 Å². The molecule has 88 valence electrons. The summed E-state index contributed by atoms with van der Waals surface area (Å²) in [5.41, 5.74) is 2.37. The Bertz CT molecular complexity index is 519. The Morgan fingerprint density at radius 1 is 1.06 bits per heavy atom. The van der Waals surface area contributed by atoms with Crippen LogP contribution in [0, 0.1) is 0 Å². The molecule has 4 heteroatoms. The van der Waals surface area contributed by atoms with Crippen molar-refractivity contribution in [3.8, 4) is 5.69 Å². The molecule has 0 amide bonds. The van der Waals surface area contributed by atoms with Gasteiger partial charge in [-0.2, -0.15) is 0 Å². The Hall–Kier alpha value is -0.570. The SMILES string of the molecule is Clc1cccc(Cl)c1-[n+]1cc2c(s1)CCCC2. The Balaban J connectivity index is 2.12. The Labute approximate surface area is 115 Å². The van der Waals surface area contributed by atoms with Gasteiger partial charge < -0.3 is 0 Å². The predicted molar refractivity (Wildman–Crippen MR) is 72.5 cm³/mol. The van der Waals surface area contributed by atoms with Gasteiger partial charge in [0.1, 0.15) is 21.6 Å². The standard InChI is InChI=1S/C13H12Cl2NS/c14-10-5-3-6-11(15)13(10)16-8-9-4-1-2-7-12(9)17-16/h3,5-6,8H,1-2,4,7H2/q+1. The molecule has 3 rings (SSSR count). The molecule has 0 atom stereocenters. The molecule has 0 radical (unpaired) electrons. The highest BCUT2D eigenvalue weighted by molar-refractivity contribution is 7.02. The summed E-state index contributed by atoms with van der Waals surface area (Å²) in [4.78, 5) is 1.48. The van der Waals surface area contributed by atoms with E-state index in [1.807, 2.05) is 18.2 Å². The molecular weight excluding hydrogens is 273 g/mol. The minimum Gasteiger partial charge on any atom is -0.0988 e. The molecule has 0 N–H and O–H groups in total. The summed E-state index contributed by atoms with van der Waals surface area (Å²) < 4.78 is 2.11. The van der Waals surface area contributed by atoms with Crippen LogP contribution in [0.15, 0.2) is 24.4 Å². The zero-order valence-electron chi connectivity index (χ0n) is 9.25. The molecule has 0 saturated carbocycles. The summed E-state index contributed by atoms with van der Waals surface area (Å²) in [6.45, 7) is 0. The van der Waals surface area contributed by atoms with Crippen molar-refractivity contribution in [3.05, 3.63) is 44.9 Å². The van der Waals surface area contributed by atoms with Gasteiger partial charge in [0.05, 0.1) is 4.88 Å². The number of hydrogen-bond donors (Lipinski definition) is 0. The predicted octanol–water partition coefficient (Wildman–Crippen LogP) is 4.21. The van der Waals surface area contributed by atoms with Gasteiger partial charge in [-0.25, -0.2) is 0 Å². The lowest BCUT2D eigenvalue weighted by Crippen LogP contribution is -2.25. The molecule has 0 bridgehead atoms. The van der Waals surface area contributed by atoms with Crippen LogP contribution in [0.1, 0.15) is 23.3 Å². The van der Waals surface area contributed by atoms with Gasteiger partial charge in [0.2, 0.25) is 0 Å². The Morgan fingerprint density at radius 3 is 2.47 bits per heavy atom. The number of benzene rings is 1. The lowest BCUT2D eigenvalue weighted by Gasteiger charge is -2.04. The second-order valence-electron chi connectivity index (χ2n) is 4.27. The maximum atomic E-state index is 6.23. The highest BCUT2D eigenvalue weighted by Gasteiger charge is 2.24. The lowest BCUT2D eigenvalue weighted by atomic mass is 10.0. The first-order chi connectivity index (χ1) is 8.25. The van der Waals surface area contributed by atoms with Gasteiger partial charge in [-0.05, 0) is 37.8 Å². The van der Waals surface area contributed by atoms with Crippen LogP contribution < -0.4 is 3.96 Å². The van der Waals surface area contributed by atoms with Crippen LogP contribution in [-0.2, 0) is 12.8 Å². The molecule has 1 aliphatic carbocycles. The molecule has 0 unspecified atom stereocenters. The maximum absolute atomic E-state index is 6.23. The number of para-hydroxylation sites is 1. The van der Waals surface area contributed by atoms with Crippen molar-refractivity contribution in [2.24, 2.45) is 0 Å². The number of aryl methyl sites for hydroxylation is 2. The normalized spacial score (nSPS) is 14.7. The van der Waals surface area contributed by atoms with E-state index in [4.69, 9.17) is 23.2 Å². The summed E-state index contributed by atoms with van der Waals surface area (Å²) in [6.07, 6.45) is 7.14. The number of rotatable bonds is 1. The summed E-state index contributed by atoms with van der Waals surface area (Å²) in [5.74, 6) is 0. The molecule has 1 aromatic heterocycles. The van der Waals surface area contributed by atoms with Crippen LogP contribution in [0.2, 0.25) is 10.0 Å². The third-order valence-electron chi connectivity index (χ3n) is 3.10. The highest BCUT2D eigenvalue weighted by Crippen LogP contribution is 2.29. The van der Waals surface area contributed by atoms with Crippen LogP contribution in [-0.4, -0.2) is 0 Å². The van der Waals surface area contributed by atoms with E-state index < -0.39 is 0 Å². The van der Waals surface area contributed by atoms with E-state index in [1.165, 1.54) is 36.1 Å². The third-order valence-corrected chi connectivity index (χ3v) is 4.88. The number of halogens is 2. The van der Waals surface area contributed by atoms with Gasteiger partial charge in [-0.3, -0.25) is 0 Å². The largest absolute Gasteiger partial charge is 0.261 e. The summed E-state index contributed by atoms with van der Waals surface area (Å²) in [7, 11) is 0. The molecule has 17 heavy (non-hydrogen) atoms. The average molecular weight is 285 g/mol. The first-order valence-electron chi connectivity index (χ1n) is 5.74. The van der Waals surface area contributed by atoms with Crippen LogP contribution in [0.25, 0.3) is 5.69 Å². The van der Waals surface area contributed by atoms with E-state index in [9.17, 15) is 0 Å². The smallest absolute Gasteiger partial charge is 0.0988 e. The molecule has 1 nitrogen and oxygen atoms in total. The van der Waals surface area contributed by atoms with Gasteiger partial charge in [0, 0.05) is 5.56 Å². The quantitative estimate of drug-likeness (QED) is 0.691. The molecular formula is C13H12Cl2NS+.